The van der Waals surface area contributed by atoms with E-state index in [0.717, 1.165) is 18.9 Å². The molecular formula is C22H20F3N7O. The second-order valence-corrected chi connectivity index (χ2v) is 8.34. The molecule has 4 heterocycles. The van der Waals surface area contributed by atoms with Crippen molar-refractivity contribution in [3.8, 4) is 11.4 Å². The lowest BCUT2D eigenvalue weighted by Crippen LogP contribution is -2.48. The number of carbonyl (C=O) groups is 1. The summed E-state index contributed by atoms with van der Waals surface area (Å²) < 4.78 is 38.2. The molecule has 3 aromatic rings. The third kappa shape index (κ3) is 4.10. The van der Waals surface area contributed by atoms with Gasteiger partial charge in [-0.15, -0.1) is 10.2 Å². The number of pyridine rings is 1. The summed E-state index contributed by atoms with van der Waals surface area (Å²) in [6, 6.07) is 7.21. The van der Waals surface area contributed by atoms with Gasteiger partial charge in [-0.3, -0.25) is 4.79 Å². The van der Waals surface area contributed by atoms with Crippen LogP contribution in [0.3, 0.4) is 0 Å². The Bertz CT molecular complexity index is 1170. The molecule has 1 saturated carbocycles. The number of amides is 1. The average molecular weight is 455 g/mol. The minimum atomic E-state index is -4.54. The van der Waals surface area contributed by atoms with Crippen LogP contribution in [0.4, 0.5) is 19.0 Å². The van der Waals surface area contributed by atoms with E-state index >= 15 is 0 Å². The summed E-state index contributed by atoms with van der Waals surface area (Å²) in [7, 11) is 0. The van der Waals surface area contributed by atoms with E-state index < -0.39 is 11.9 Å². The van der Waals surface area contributed by atoms with Crippen LogP contribution in [0.2, 0.25) is 0 Å². The van der Waals surface area contributed by atoms with Crippen molar-refractivity contribution in [1.82, 2.24) is 30.0 Å². The zero-order chi connectivity index (χ0) is 23.2. The molecule has 1 saturated heterocycles. The van der Waals surface area contributed by atoms with Gasteiger partial charge in [0.05, 0.1) is 11.6 Å². The normalized spacial score (nSPS) is 21.9. The topological polar surface area (TPSA) is 96.8 Å². The summed E-state index contributed by atoms with van der Waals surface area (Å²) in [5.74, 6) is 0.756. The van der Waals surface area contributed by atoms with Crippen LogP contribution in [-0.4, -0.2) is 54.6 Å². The fraction of sp³-hybridized carbons (Fsp3) is 0.364. The second kappa shape index (κ2) is 8.05. The number of nitrogens with zero attached hydrogens (tertiary/aromatic N) is 6. The van der Waals surface area contributed by atoms with Crippen LogP contribution in [0, 0.1) is 12.8 Å². The lowest BCUT2D eigenvalue weighted by atomic mass is 10.0. The van der Waals surface area contributed by atoms with E-state index in [1.807, 2.05) is 13.0 Å². The molecule has 1 N–H and O–H groups in total. The SMILES string of the molecule is Cc1ccc(-c2ncccn2)c(C(=O)N2CC3CC(Nc4ccc(C(F)(F)F)nn4)C2C3)n1. The Hall–Kier alpha value is -3.63. The van der Waals surface area contributed by atoms with Crippen LogP contribution >= 0.6 is 0 Å². The largest absolute Gasteiger partial charge is 0.435 e. The van der Waals surface area contributed by atoms with E-state index in [1.165, 1.54) is 6.07 Å². The minimum absolute atomic E-state index is 0.126. The summed E-state index contributed by atoms with van der Waals surface area (Å²) in [4.78, 5) is 28.4. The van der Waals surface area contributed by atoms with E-state index in [0.29, 0.717) is 35.2 Å². The van der Waals surface area contributed by atoms with Gasteiger partial charge in [0.2, 0.25) is 0 Å². The molecule has 3 atom stereocenters. The quantitative estimate of drug-likeness (QED) is 0.644. The molecule has 1 aliphatic heterocycles. The molecule has 33 heavy (non-hydrogen) atoms. The highest BCUT2D eigenvalue weighted by Crippen LogP contribution is 2.40. The number of alkyl halides is 3. The van der Waals surface area contributed by atoms with Crippen LogP contribution in [-0.2, 0) is 6.18 Å². The Labute approximate surface area is 187 Å². The predicted molar refractivity (Wildman–Crippen MR) is 112 cm³/mol. The summed E-state index contributed by atoms with van der Waals surface area (Å²) in [5, 5.41) is 10.1. The van der Waals surface area contributed by atoms with Crippen molar-refractivity contribution in [3.63, 3.8) is 0 Å². The number of hydrogen-bond acceptors (Lipinski definition) is 7. The van der Waals surface area contributed by atoms with Crippen molar-refractivity contribution in [2.24, 2.45) is 5.92 Å². The number of nitrogens with one attached hydrogen (secondary N) is 1. The number of piperidine rings is 1. The van der Waals surface area contributed by atoms with Crippen molar-refractivity contribution in [1.29, 1.82) is 0 Å². The summed E-state index contributed by atoms with van der Waals surface area (Å²) in [6.07, 6.45) is 0.286. The Morgan fingerprint density at radius 2 is 1.88 bits per heavy atom. The summed E-state index contributed by atoms with van der Waals surface area (Å²) in [5.41, 5.74) is 0.519. The Morgan fingerprint density at radius 3 is 2.55 bits per heavy atom. The number of likely N-dealkylation sites (tertiary alicyclic amines) is 1. The third-order valence-corrected chi connectivity index (χ3v) is 6.07. The molecular weight excluding hydrogens is 435 g/mol. The molecule has 170 valence electrons. The zero-order valence-corrected chi connectivity index (χ0v) is 17.6. The van der Waals surface area contributed by atoms with Crippen molar-refractivity contribution >= 4 is 11.7 Å². The standard InChI is InChI=1S/C22H20F3N7O/c1-12-3-4-14(20-26-7-2-8-27-20)19(28-12)21(33)32-11-13-9-15(16(32)10-13)29-18-6-5-17(30-31-18)22(23,24)25/h2-8,13,15-16H,9-11H2,1H3,(H,29,31). The first-order chi connectivity index (χ1) is 15.8. The number of hydrogen-bond donors (Lipinski definition) is 1. The monoisotopic (exact) mass is 455 g/mol. The van der Waals surface area contributed by atoms with Crippen molar-refractivity contribution in [2.45, 2.75) is 38.0 Å². The molecule has 3 unspecified atom stereocenters. The highest BCUT2D eigenvalue weighted by Gasteiger charge is 2.48. The molecule has 0 spiro atoms. The molecule has 2 bridgehead atoms. The molecule has 0 aromatic carbocycles. The molecule has 2 aliphatic rings. The van der Waals surface area contributed by atoms with Gasteiger partial charge in [-0.05, 0) is 56.0 Å². The minimum Gasteiger partial charge on any atom is -0.364 e. The Balaban J connectivity index is 1.37. The molecule has 2 fully saturated rings. The van der Waals surface area contributed by atoms with E-state index in [-0.39, 0.29) is 23.8 Å². The maximum absolute atomic E-state index is 13.6. The van der Waals surface area contributed by atoms with Gasteiger partial charge < -0.3 is 10.2 Å². The fourth-order valence-electron chi connectivity index (χ4n) is 4.64. The van der Waals surface area contributed by atoms with Gasteiger partial charge in [0, 0.05) is 30.7 Å². The molecule has 1 aliphatic carbocycles. The number of aryl methyl sites for hydroxylation is 1. The lowest BCUT2D eigenvalue weighted by molar-refractivity contribution is -0.141. The Kier molecular flexibility index (Phi) is 5.18. The van der Waals surface area contributed by atoms with Crippen LogP contribution in [0.1, 0.15) is 34.7 Å². The molecule has 11 heteroatoms. The van der Waals surface area contributed by atoms with Crippen LogP contribution < -0.4 is 5.32 Å². The van der Waals surface area contributed by atoms with Gasteiger partial charge >= 0.3 is 6.18 Å². The predicted octanol–water partition coefficient (Wildman–Crippen LogP) is 3.37. The first-order valence-electron chi connectivity index (χ1n) is 10.5. The first kappa shape index (κ1) is 21.2. The molecule has 3 aromatic heterocycles. The number of fused-ring (bicyclic) bond motifs is 2. The number of anilines is 1. The van der Waals surface area contributed by atoms with Gasteiger partial charge in [-0.2, -0.15) is 13.2 Å². The molecule has 5 rings (SSSR count). The van der Waals surface area contributed by atoms with Gasteiger partial charge in [-0.1, -0.05) is 0 Å². The first-order valence-corrected chi connectivity index (χ1v) is 10.5. The van der Waals surface area contributed by atoms with Gasteiger partial charge in [-0.25, -0.2) is 15.0 Å². The van der Waals surface area contributed by atoms with Crippen LogP contribution in [0.5, 0.6) is 0 Å². The van der Waals surface area contributed by atoms with Crippen molar-refractivity contribution < 1.29 is 18.0 Å². The van der Waals surface area contributed by atoms with E-state index in [1.54, 1.807) is 29.4 Å². The number of halogens is 3. The van der Waals surface area contributed by atoms with E-state index in [9.17, 15) is 18.0 Å². The average Bonchev–Trinajstić information content (AvgIpc) is 3.39. The molecule has 1 amide bonds. The maximum atomic E-state index is 13.6. The smallest absolute Gasteiger partial charge is 0.364 e. The van der Waals surface area contributed by atoms with Gasteiger partial charge in [0.15, 0.2) is 11.5 Å². The molecule has 0 radical (unpaired) electrons. The molecule has 8 nitrogen and oxygen atoms in total. The Morgan fingerprint density at radius 1 is 1.09 bits per heavy atom. The van der Waals surface area contributed by atoms with Gasteiger partial charge in [0.25, 0.3) is 5.91 Å². The van der Waals surface area contributed by atoms with E-state index in [2.05, 4.69) is 30.5 Å². The highest BCUT2D eigenvalue weighted by atomic mass is 19.4. The summed E-state index contributed by atoms with van der Waals surface area (Å²) in [6.45, 7) is 2.42. The van der Waals surface area contributed by atoms with E-state index in [4.69, 9.17) is 0 Å². The van der Waals surface area contributed by atoms with Crippen molar-refractivity contribution in [2.75, 3.05) is 11.9 Å². The van der Waals surface area contributed by atoms with Crippen molar-refractivity contribution in [3.05, 3.63) is 59.8 Å². The highest BCUT2D eigenvalue weighted by molar-refractivity contribution is 5.98. The fourth-order valence-corrected chi connectivity index (χ4v) is 4.64. The number of rotatable bonds is 4. The number of carbonyl (C=O) groups excluding carboxylic acids is 1. The maximum Gasteiger partial charge on any atom is 0.435 e. The zero-order valence-electron chi connectivity index (χ0n) is 17.6. The second-order valence-electron chi connectivity index (χ2n) is 8.34. The third-order valence-electron chi connectivity index (χ3n) is 6.07. The van der Waals surface area contributed by atoms with Gasteiger partial charge in [0.1, 0.15) is 11.5 Å². The lowest BCUT2D eigenvalue weighted by Gasteiger charge is -2.34. The van der Waals surface area contributed by atoms with Crippen LogP contribution in [0.25, 0.3) is 11.4 Å². The number of aromatic nitrogens is 5. The summed E-state index contributed by atoms with van der Waals surface area (Å²) >= 11 is 0. The van der Waals surface area contributed by atoms with Crippen LogP contribution in [0.15, 0.2) is 42.7 Å².